The number of nitrogens with zero attached hydrogens (tertiary/aromatic N) is 4. The highest BCUT2D eigenvalue weighted by Gasteiger charge is 2.57. The maximum atomic E-state index is 13.1. The van der Waals surface area contributed by atoms with E-state index in [4.69, 9.17) is 15.7 Å². The van der Waals surface area contributed by atoms with Crippen LogP contribution in [0.4, 0.5) is 5.13 Å². The molecule has 4 heterocycles. The molecule has 2 amide bonds. The number of nitrogen functional groups attached to an aromatic ring is 1. The van der Waals surface area contributed by atoms with Crippen LogP contribution in [0.3, 0.4) is 0 Å². The van der Waals surface area contributed by atoms with Crippen LogP contribution in [0.1, 0.15) is 16.3 Å². The minimum absolute atomic E-state index is 0.0796. The van der Waals surface area contributed by atoms with Gasteiger partial charge >= 0.3 is 11.9 Å². The first-order valence-electron chi connectivity index (χ1n) is 10.6. The lowest BCUT2D eigenvalue weighted by atomic mass is 10.0. The number of carboxylic acids is 2. The van der Waals surface area contributed by atoms with Crippen LogP contribution in [-0.4, -0.2) is 88.8 Å². The molecule has 5 N–H and O–H groups in total. The van der Waals surface area contributed by atoms with Crippen molar-refractivity contribution in [3.8, 4) is 0 Å². The van der Waals surface area contributed by atoms with Crippen molar-refractivity contribution in [2.75, 3.05) is 24.3 Å². The number of aliphatic carboxylic acids is 2. The van der Waals surface area contributed by atoms with E-state index in [1.165, 1.54) is 35.6 Å². The van der Waals surface area contributed by atoms with Crippen LogP contribution in [-0.2, 0) is 41.2 Å². The van der Waals surface area contributed by atoms with Gasteiger partial charge in [-0.05, 0) is 12.5 Å². The van der Waals surface area contributed by atoms with Gasteiger partial charge in [-0.3, -0.25) is 23.5 Å². The Labute approximate surface area is 229 Å². The zero-order valence-electron chi connectivity index (χ0n) is 19.7. The molecule has 1 saturated heterocycles. The normalized spacial score (nSPS) is 21.1. The largest absolute Gasteiger partial charge is 0.481 e. The predicted octanol–water partition coefficient (Wildman–Crippen LogP) is 0.0142. The summed E-state index contributed by atoms with van der Waals surface area (Å²) in [7, 11) is -0.507. The molecule has 0 aliphatic carbocycles. The van der Waals surface area contributed by atoms with Crippen molar-refractivity contribution < 1.29 is 38.4 Å². The maximum Gasteiger partial charge on any atom is 0.352 e. The number of aryl methyl sites for hydroxylation is 1. The van der Waals surface area contributed by atoms with Crippen LogP contribution < -0.4 is 11.1 Å². The first-order valence-corrected chi connectivity index (χ1v) is 14.7. The van der Waals surface area contributed by atoms with E-state index in [-0.39, 0.29) is 45.7 Å². The first-order chi connectivity index (χ1) is 18.0. The van der Waals surface area contributed by atoms with Gasteiger partial charge < -0.3 is 26.1 Å². The van der Waals surface area contributed by atoms with Gasteiger partial charge in [-0.15, -0.1) is 22.7 Å². The van der Waals surface area contributed by atoms with E-state index in [9.17, 15) is 28.5 Å². The number of oxime groups is 1. The van der Waals surface area contributed by atoms with Gasteiger partial charge in [0.05, 0.1) is 28.7 Å². The third-order valence-electron chi connectivity index (χ3n) is 5.41. The number of anilines is 1. The molecular weight excluding hydrogens is 581 g/mol. The summed E-state index contributed by atoms with van der Waals surface area (Å²) in [6.07, 6.45) is -0.180. The number of carbonyl (C=O) groups is 4. The Bertz CT molecular complexity index is 1420. The number of aromatic nitrogens is 2. The van der Waals surface area contributed by atoms with E-state index in [0.29, 0.717) is 14.9 Å². The summed E-state index contributed by atoms with van der Waals surface area (Å²) in [6, 6.07) is -1.25. The highest BCUT2D eigenvalue weighted by molar-refractivity contribution is 8.01. The van der Waals surface area contributed by atoms with Crippen molar-refractivity contribution in [3.05, 3.63) is 32.9 Å². The Morgan fingerprint density at radius 2 is 2.11 bits per heavy atom. The molecule has 0 spiro atoms. The Morgan fingerprint density at radius 1 is 1.37 bits per heavy atom. The van der Waals surface area contributed by atoms with Crippen LogP contribution in [0, 0.1) is 6.92 Å². The Kier molecular flexibility index (Phi) is 8.14. The lowest BCUT2D eigenvalue weighted by Crippen LogP contribution is -2.74. The fraction of sp³-hybridized carbons (Fsp3) is 0.350. The third kappa shape index (κ3) is 5.42. The second-order valence-corrected chi connectivity index (χ2v) is 12.6. The standard InChI is InChI=1S/C20H20N6O8S4/c1-7-10(3-11(27)28)37-20(22-7)36-4-8-6-38(33)17-13(16(30)26(17)14(8)18(31)32)24-15(29)12(25-34-2)9-5-35-19(21)23-9/h5,13,17H,3-4,6H2,1-2H3,(H2,21,23)(H,24,29)(H,27,28)(H,31,32)/b25-12-/t13-,17-,38?/m1/s1. The molecule has 0 radical (unpaired) electrons. The molecule has 2 aliphatic heterocycles. The van der Waals surface area contributed by atoms with Crippen molar-refractivity contribution in [1.29, 1.82) is 0 Å². The summed E-state index contributed by atoms with van der Waals surface area (Å²) in [4.78, 5) is 63.5. The highest BCUT2D eigenvalue weighted by Crippen LogP contribution is 2.37. The zero-order chi connectivity index (χ0) is 27.7. The summed E-state index contributed by atoms with van der Waals surface area (Å²) in [5.41, 5.74) is 6.02. The van der Waals surface area contributed by atoms with Gasteiger partial charge in [0, 0.05) is 16.0 Å². The topological polar surface area (TPSA) is 214 Å². The first kappa shape index (κ1) is 27.7. The number of nitrogens with two attached hydrogens (primary N) is 1. The number of rotatable bonds is 10. The molecule has 0 saturated carbocycles. The Balaban J connectivity index is 1.52. The van der Waals surface area contributed by atoms with Crippen LogP contribution in [0.15, 0.2) is 26.1 Å². The molecule has 18 heteroatoms. The quantitative estimate of drug-likeness (QED) is 0.123. The van der Waals surface area contributed by atoms with Gasteiger partial charge in [-0.1, -0.05) is 16.9 Å². The minimum Gasteiger partial charge on any atom is -0.481 e. The number of carbonyl (C=O) groups excluding carboxylic acids is 2. The van der Waals surface area contributed by atoms with Crippen molar-refractivity contribution >= 4 is 79.8 Å². The number of hydrogen-bond donors (Lipinski definition) is 4. The van der Waals surface area contributed by atoms with E-state index in [2.05, 4.69) is 20.4 Å². The monoisotopic (exact) mass is 600 g/mol. The van der Waals surface area contributed by atoms with Gasteiger partial charge in [0.2, 0.25) is 0 Å². The number of β-lactam (4-membered cyclic amide) rings is 1. The van der Waals surface area contributed by atoms with Crippen LogP contribution in [0.2, 0.25) is 0 Å². The van der Waals surface area contributed by atoms with Crippen LogP contribution >= 0.6 is 34.4 Å². The molecule has 2 aromatic heterocycles. The van der Waals surface area contributed by atoms with E-state index in [1.807, 2.05) is 0 Å². The second kappa shape index (κ2) is 11.2. The summed E-state index contributed by atoms with van der Waals surface area (Å²) in [6.45, 7) is 1.68. The molecule has 4 rings (SSSR count). The fourth-order valence-corrected chi connectivity index (χ4v) is 8.38. The van der Waals surface area contributed by atoms with Crippen molar-refractivity contribution in [1.82, 2.24) is 20.2 Å². The van der Waals surface area contributed by atoms with Crippen molar-refractivity contribution in [2.24, 2.45) is 5.16 Å². The SMILES string of the molecule is CO/N=C(\C(=O)N[C@@H]1C(=O)N2C(C(=O)O)=C(CSc3nc(C)c(CC(=O)O)s3)CS(=O)[C@H]12)c1csc(N)n1. The summed E-state index contributed by atoms with van der Waals surface area (Å²) in [5.74, 6) is -3.99. The second-order valence-electron chi connectivity index (χ2n) is 7.87. The molecule has 2 aromatic rings. The third-order valence-corrected chi connectivity index (χ3v) is 10.1. The number of carboxylic acid groups (broad SMARTS) is 2. The molecular formula is C20H20N6O8S4. The molecule has 202 valence electrons. The molecule has 38 heavy (non-hydrogen) atoms. The van der Waals surface area contributed by atoms with Gasteiger partial charge in [-0.25, -0.2) is 14.8 Å². The number of thiazole rings is 2. The highest BCUT2D eigenvalue weighted by atomic mass is 32.2. The van der Waals surface area contributed by atoms with Crippen molar-refractivity contribution in [3.63, 3.8) is 0 Å². The van der Waals surface area contributed by atoms with Crippen molar-refractivity contribution in [2.45, 2.75) is 29.1 Å². The molecule has 3 atom stereocenters. The number of nitrogens with one attached hydrogen (secondary N) is 1. The molecule has 14 nitrogen and oxygen atoms in total. The molecule has 1 unspecified atom stereocenters. The van der Waals surface area contributed by atoms with Gasteiger partial charge in [0.25, 0.3) is 11.8 Å². The van der Waals surface area contributed by atoms with E-state index < -0.39 is 46.0 Å². The van der Waals surface area contributed by atoms with Crippen LogP contribution in [0.5, 0.6) is 0 Å². The van der Waals surface area contributed by atoms with Gasteiger partial charge in [0.1, 0.15) is 29.9 Å². The Morgan fingerprint density at radius 3 is 2.71 bits per heavy atom. The number of hydrogen-bond acceptors (Lipinski definition) is 13. The summed E-state index contributed by atoms with van der Waals surface area (Å²) in [5, 5.41) is 25.6. The average molecular weight is 601 g/mol. The van der Waals surface area contributed by atoms with Gasteiger partial charge in [0.15, 0.2) is 15.2 Å². The van der Waals surface area contributed by atoms with E-state index >= 15 is 0 Å². The molecule has 1 fully saturated rings. The number of thioether (sulfide) groups is 1. The number of amides is 2. The van der Waals surface area contributed by atoms with Crippen LogP contribution in [0.25, 0.3) is 0 Å². The average Bonchev–Trinajstić information content (AvgIpc) is 3.43. The number of fused-ring (bicyclic) bond motifs is 1. The summed E-state index contributed by atoms with van der Waals surface area (Å²) < 4.78 is 13.6. The molecule has 0 bridgehead atoms. The predicted molar refractivity (Wildman–Crippen MR) is 139 cm³/mol. The Hall–Kier alpha value is -3.35. The minimum atomic E-state index is -1.73. The lowest BCUT2D eigenvalue weighted by Gasteiger charge is -2.49. The van der Waals surface area contributed by atoms with Gasteiger partial charge in [-0.2, -0.15) is 0 Å². The summed E-state index contributed by atoms with van der Waals surface area (Å²) >= 11 is 3.41. The smallest absolute Gasteiger partial charge is 0.352 e. The maximum absolute atomic E-state index is 13.1. The lowest BCUT2D eigenvalue weighted by molar-refractivity contribution is -0.150. The van der Waals surface area contributed by atoms with E-state index in [1.54, 1.807) is 6.92 Å². The zero-order valence-corrected chi connectivity index (χ0v) is 23.0. The van der Waals surface area contributed by atoms with E-state index in [0.717, 1.165) is 16.2 Å². The fourth-order valence-electron chi connectivity index (χ4n) is 3.78. The molecule has 0 aromatic carbocycles. The molecule has 2 aliphatic rings.